The summed E-state index contributed by atoms with van der Waals surface area (Å²) in [5.41, 5.74) is 1.78. The summed E-state index contributed by atoms with van der Waals surface area (Å²) in [5.74, 6) is -3.73. The average molecular weight is 846 g/mol. The van der Waals surface area contributed by atoms with Crippen LogP contribution in [0.1, 0.15) is 108 Å². The molecule has 0 spiro atoms. The van der Waals surface area contributed by atoms with Gasteiger partial charge in [-0.2, -0.15) is 0 Å². The van der Waals surface area contributed by atoms with E-state index in [-0.39, 0.29) is 59.8 Å². The average Bonchev–Trinajstić information content (AvgIpc) is 3.74. The molecular weight excluding hydrogens is 770 g/mol. The largest absolute Gasteiger partial charge is 0.458 e. The molecule has 13 nitrogen and oxygen atoms in total. The molecule has 1 aliphatic carbocycles. The van der Waals surface area contributed by atoms with E-state index in [4.69, 9.17) is 14.2 Å². The topological polar surface area (TPSA) is 164 Å². The van der Waals surface area contributed by atoms with Crippen molar-refractivity contribution in [3.63, 3.8) is 0 Å². The molecule has 0 heterocycles. The zero-order chi connectivity index (χ0) is 45.8. The van der Waals surface area contributed by atoms with Crippen LogP contribution in [0.4, 0.5) is 4.39 Å². The summed E-state index contributed by atoms with van der Waals surface area (Å²) in [6.45, 7) is 22.5. The fourth-order valence-corrected chi connectivity index (χ4v) is 7.97. The van der Waals surface area contributed by atoms with Gasteiger partial charge in [-0.05, 0) is 77.5 Å². The van der Waals surface area contributed by atoms with Crippen LogP contribution >= 0.6 is 0 Å². The van der Waals surface area contributed by atoms with Crippen molar-refractivity contribution >= 4 is 29.6 Å². The van der Waals surface area contributed by atoms with Gasteiger partial charge in [-0.25, -0.2) is 9.18 Å². The number of rotatable bonds is 24. The molecule has 4 N–H and O–H groups in total. The van der Waals surface area contributed by atoms with Crippen LogP contribution in [0.25, 0.3) is 0 Å². The van der Waals surface area contributed by atoms with Crippen LogP contribution in [-0.4, -0.2) is 111 Å². The number of esters is 1. The molecule has 4 amide bonds. The van der Waals surface area contributed by atoms with E-state index in [0.29, 0.717) is 12.8 Å². The first-order chi connectivity index (χ1) is 27.9. The van der Waals surface area contributed by atoms with Crippen molar-refractivity contribution in [2.24, 2.45) is 29.6 Å². The Bertz CT molecular complexity index is 1630. The van der Waals surface area contributed by atoms with Gasteiger partial charge in [0.2, 0.25) is 23.6 Å². The molecule has 0 radical (unpaired) electrons. The van der Waals surface area contributed by atoms with E-state index in [1.807, 2.05) is 55.4 Å². The lowest BCUT2D eigenvalue weighted by atomic mass is 9.89. The first-order valence-corrected chi connectivity index (χ1v) is 21.5. The van der Waals surface area contributed by atoms with Crippen LogP contribution in [0.3, 0.4) is 0 Å². The highest BCUT2D eigenvalue weighted by atomic mass is 19.1. The molecule has 1 aromatic rings. The van der Waals surface area contributed by atoms with E-state index >= 15 is 0 Å². The molecule has 0 fully saturated rings. The van der Waals surface area contributed by atoms with Crippen LogP contribution < -0.4 is 21.3 Å². The Balaban J connectivity index is 2.40. The number of benzene rings is 1. The first kappa shape index (κ1) is 52.3. The molecule has 0 saturated carbocycles. The zero-order valence-electron chi connectivity index (χ0n) is 39.2. The quantitative estimate of drug-likeness (QED) is 0.0794. The number of hydrogen-bond acceptors (Lipinski definition) is 9. The van der Waals surface area contributed by atoms with Crippen molar-refractivity contribution in [3.8, 4) is 0 Å². The van der Waals surface area contributed by atoms with E-state index < -0.39 is 71.6 Å². The molecule has 14 heteroatoms. The number of nitrogens with zero attached hydrogens (tertiary/aromatic N) is 1. The van der Waals surface area contributed by atoms with Crippen LogP contribution in [0.2, 0.25) is 0 Å². The van der Waals surface area contributed by atoms with Crippen LogP contribution in [0.15, 0.2) is 35.4 Å². The normalized spacial score (nSPS) is 17.8. The number of halogens is 1. The fraction of sp³-hybridized carbons (Fsp3) is 0.717. The second kappa shape index (κ2) is 23.4. The molecule has 0 unspecified atom stereocenters. The second-order valence-corrected chi connectivity index (χ2v) is 18.3. The van der Waals surface area contributed by atoms with Crippen molar-refractivity contribution in [1.82, 2.24) is 26.2 Å². The lowest BCUT2D eigenvalue weighted by molar-refractivity contribution is -0.159. The van der Waals surface area contributed by atoms with E-state index in [9.17, 15) is 28.4 Å². The Labute approximate surface area is 359 Å². The lowest BCUT2D eigenvalue weighted by Gasteiger charge is -2.40. The summed E-state index contributed by atoms with van der Waals surface area (Å²) < 4.78 is 32.4. The smallest absolute Gasteiger partial charge is 0.329 e. The molecule has 0 bridgehead atoms. The van der Waals surface area contributed by atoms with Gasteiger partial charge in [0.15, 0.2) is 0 Å². The Morgan fingerprint density at radius 2 is 1.43 bits per heavy atom. The Morgan fingerprint density at radius 1 is 0.850 bits per heavy atom. The maximum absolute atomic E-state index is 14.8. The summed E-state index contributed by atoms with van der Waals surface area (Å²) in [6, 6.07) is 2.39. The number of carbonyl (C=O) groups is 5. The van der Waals surface area contributed by atoms with E-state index in [0.717, 1.165) is 0 Å². The third kappa shape index (κ3) is 14.6. The number of carbonyl (C=O) groups excluding carboxylic acids is 5. The van der Waals surface area contributed by atoms with Gasteiger partial charge >= 0.3 is 5.97 Å². The van der Waals surface area contributed by atoms with Gasteiger partial charge in [0.25, 0.3) is 0 Å². The standard InChI is InChI=1S/C46H76FN5O8/c1-17-27(6)40(52(14)44(56)39(26(4)5)51-43(55)38(48-13)25(2)3)36(58-15)24-37(53)49-34(23-32-28(7)29(32)8)41(59-16)30(9)42(54)50-35(45(57)60-46(10,11)12)22-31-20-18-19-21-33(31)47/h18-21,25-27,30,32,34-36,38-41,48H,17,22-24H2,1-16H3,(H,49,53)(H,50,54)(H,51,55)/t27-,30+,34-,35-,36+,38-,39-,40-,41+/m0/s1. The van der Waals surface area contributed by atoms with Crippen molar-refractivity contribution in [2.45, 2.75) is 157 Å². The number of ether oxygens (including phenoxy) is 3. The van der Waals surface area contributed by atoms with Crippen LogP contribution in [0.5, 0.6) is 0 Å². The minimum Gasteiger partial charge on any atom is -0.458 e. The molecule has 340 valence electrons. The summed E-state index contributed by atoms with van der Waals surface area (Å²) in [5, 5.41) is 12.0. The molecule has 60 heavy (non-hydrogen) atoms. The predicted octanol–water partition coefficient (Wildman–Crippen LogP) is 5.35. The molecule has 0 aliphatic heterocycles. The third-order valence-electron chi connectivity index (χ3n) is 12.0. The SMILES string of the molecule is CC[C@H](C)[C@@H]([C@@H](CC(=O)N[C@@H](CC1C(C)=C1C)[C@H](OC)[C@@H](C)C(=O)N[C@@H](Cc1ccccc1F)C(=O)OC(C)(C)C)OC)N(C)C(=O)[C@@H](NC(=O)[C@@H](NC)C(C)C)C(C)C. The fourth-order valence-electron chi connectivity index (χ4n) is 7.97. The Hall–Kier alpha value is -3.88. The van der Waals surface area contributed by atoms with E-state index in [1.54, 1.807) is 64.9 Å². The summed E-state index contributed by atoms with van der Waals surface area (Å²) in [4.78, 5) is 70.7. The molecule has 2 rings (SSSR count). The number of amides is 4. The predicted molar refractivity (Wildman–Crippen MR) is 232 cm³/mol. The van der Waals surface area contributed by atoms with Gasteiger partial charge in [-0.15, -0.1) is 0 Å². The van der Waals surface area contributed by atoms with Crippen molar-refractivity contribution in [2.75, 3.05) is 28.3 Å². The highest BCUT2D eigenvalue weighted by molar-refractivity contribution is 5.90. The number of likely N-dealkylation sites (N-methyl/N-ethyl adjacent to an activating group) is 2. The number of methoxy groups -OCH3 is 2. The van der Waals surface area contributed by atoms with Crippen molar-refractivity contribution in [3.05, 3.63) is 46.8 Å². The van der Waals surface area contributed by atoms with Crippen LogP contribution in [-0.2, 0) is 44.6 Å². The monoisotopic (exact) mass is 846 g/mol. The first-order valence-electron chi connectivity index (χ1n) is 21.5. The van der Waals surface area contributed by atoms with Gasteiger partial charge in [0, 0.05) is 33.6 Å². The minimum absolute atomic E-state index is 0.00190. The zero-order valence-corrected chi connectivity index (χ0v) is 39.2. The molecule has 0 saturated heterocycles. The molecular formula is C46H76FN5O8. The summed E-state index contributed by atoms with van der Waals surface area (Å²) in [7, 11) is 6.39. The maximum Gasteiger partial charge on any atom is 0.329 e. The van der Waals surface area contributed by atoms with E-state index in [2.05, 4.69) is 21.3 Å². The minimum atomic E-state index is -1.19. The maximum atomic E-state index is 14.8. The Morgan fingerprint density at radius 3 is 1.90 bits per heavy atom. The third-order valence-corrected chi connectivity index (χ3v) is 12.0. The number of allylic oxidation sites excluding steroid dienone is 2. The van der Waals surface area contributed by atoms with E-state index in [1.165, 1.54) is 31.4 Å². The van der Waals surface area contributed by atoms with Gasteiger partial charge in [0.1, 0.15) is 23.5 Å². The summed E-state index contributed by atoms with van der Waals surface area (Å²) >= 11 is 0. The van der Waals surface area contributed by atoms with Crippen LogP contribution in [0, 0.1) is 35.4 Å². The highest BCUT2D eigenvalue weighted by Crippen LogP contribution is 2.42. The molecule has 0 aromatic heterocycles. The van der Waals surface area contributed by atoms with Gasteiger partial charge in [-0.1, -0.05) is 84.2 Å². The van der Waals surface area contributed by atoms with Gasteiger partial charge in [0.05, 0.1) is 42.7 Å². The van der Waals surface area contributed by atoms with Crippen molar-refractivity contribution < 1.29 is 42.6 Å². The van der Waals surface area contributed by atoms with Gasteiger partial charge < -0.3 is 40.4 Å². The van der Waals surface area contributed by atoms with Crippen molar-refractivity contribution in [1.29, 1.82) is 0 Å². The summed E-state index contributed by atoms with van der Waals surface area (Å²) in [6.07, 6.45) is -0.643. The number of nitrogens with one attached hydrogen (secondary N) is 4. The lowest BCUT2D eigenvalue weighted by Crippen LogP contribution is -2.59. The highest BCUT2D eigenvalue weighted by Gasteiger charge is 2.42. The molecule has 1 aromatic carbocycles. The number of hydrogen-bond donors (Lipinski definition) is 4. The molecule has 9 atom stereocenters. The van der Waals surface area contributed by atoms with Gasteiger partial charge in [-0.3, -0.25) is 19.2 Å². The molecule has 1 aliphatic rings. The Kier molecular flexibility index (Phi) is 20.4. The second-order valence-electron chi connectivity index (χ2n) is 18.3.